The van der Waals surface area contributed by atoms with Gasteiger partial charge in [0.05, 0.1) is 0 Å². The second-order valence-electron chi connectivity index (χ2n) is 4.55. The summed E-state index contributed by atoms with van der Waals surface area (Å²) in [6.45, 7) is 4.20. The van der Waals surface area contributed by atoms with E-state index < -0.39 is 0 Å². The Morgan fingerprint density at radius 3 is 2.62 bits per heavy atom. The number of carbonyl (C=O) groups is 1. The highest BCUT2D eigenvalue weighted by atomic mass is 16.1. The Morgan fingerprint density at radius 1 is 1.44 bits per heavy atom. The van der Waals surface area contributed by atoms with Gasteiger partial charge in [0.15, 0.2) is 0 Å². The lowest BCUT2D eigenvalue weighted by Gasteiger charge is -2.25. The molecule has 86 valence electrons. The summed E-state index contributed by atoms with van der Waals surface area (Å²) >= 11 is 0. The summed E-state index contributed by atoms with van der Waals surface area (Å²) in [4.78, 5) is 10.9. The number of nitrogens with one attached hydrogen (secondary N) is 2. The third-order valence-electron chi connectivity index (χ3n) is 2.98. The van der Waals surface area contributed by atoms with Crippen molar-refractivity contribution in [3.8, 4) is 0 Å². The van der Waals surface area contributed by atoms with E-state index in [-0.39, 0.29) is 11.4 Å². The van der Waals surface area contributed by atoms with Crippen molar-refractivity contribution in [1.29, 1.82) is 0 Å². The van der Waals surface area contributed by atoms with Crippen LogP contribution in [0.5, 0.6) is 0 Å². The number of benzene rings is 1. The average Bonchev–Trinajstić information content (AvgIpc) is 2.65. The number of anilines is 1. The maximum atomic E-state index is 10.9. The molecule has 16 heavy (non-hydrogen) atoms. The predicted octanol–water partition coefficient (Wildman–Crippen LogP) is 0.949. The van der Waals surface area contributed by atoms with Crippen LogP contribution in [0.3, 0.4) is 0 Å². The molecule has 0 bridgehead atoms. The minimum Gasteiger partial charge on any atom is -0.379 e. The van der Waals surface area contributed by atoms with Crippen LogP contribution in [0.1, 0.15) is 23.7 Å². The number of nitrogens with two attached hydrogens (primary N) is 1. The summed E-state index contributed by atoms with van der Waals surface area (Å²) in [6, 6.07) is 7.28. The lowest BCUT2D eigenvalue weighted by Crippen LogP contribution is -2.36. The Labute approximate surface area is 95.2 Å². The van der Waals surface area contributed by atoms with Crippen LogP contribution < -0.4 is 16.4 Å². The van der Waals surface area contributed by atoms with E-state index in [4.69, 9.17) is 5.73 Å². The van der Waals surface area contributed by atoms with Crippen LogP contribution >= 0.6 is 0 Å². The standard InChI is InChI=1S/C12H17N3O/c1-12(6-7-14-8-12)15-10-4-2-9(3-5-10)11(13)16/h2-5,14-15H,6-8H2,1H3,(H2,13,16). The number of carbonyl (C=O) groups excluding carboxylic acids is 1. The van der Waals surface area contributed by atoms with Crippen molar-refractivity contribution < 1.29 is 4.79 Å². The smallest absolute Gasteiger partial charge is 0.248 e. The Hall–Kier alpha value is -1.55. The first-order valence-electron chi connectivity index (χ1n) is 5.48. The molecule has 1 aliphatic heterocycles. The highest BCUT2D eigenvalue weighted by Gasteiger charge is 2.27. The van der Waals surface area contributed by atoms with Gasteiger partial charge in [0, 0.05) is 23.3 Å². The molecule has 0 radical (unpaired) electrons. The summed E-state index contributed by atoms with van der Waals surface area (Å²) in [5.74, 6) is -0.389. The van der Waals surface area contributed by atoms with Crippen LogP contribution in [-0.4, -0.2) is 24.5 Å². The molecule has 0 aliphatic carbocycles. The Morgan fingerprint density at radius 2 is 2.12 bits per heavy atom. The third kappa shape index (κ3) is 2.33. The van der Waals surface area contributed by atoms with Gasteiger partial charge in [-0.3, -0.25) is 4.79 Å². The molecule has 1 aliphatic rings. The quantitative estimate of drug-likeness (QED) is 0.709. The molecule has 0 saturated carbocycles. The summed E-state index contributed by atoms with van der Waals surface area (Å²) in [5.41, 5.74) is 6.86. The third-order valence-corrected chi connectivity index (χ3v) is 2.98. The zero-order chi connectivity index (χ0) is 11.6. The molecule has 1 unspecified atom stereocenters. The van der Waals surface area contributed by atoms with Crippen molar-refractivity contribution in [2.45, 2.75) is 18.9 Å². The van der Waals surface area contributed by atoms with E-state index in [0.29, 0.717) is 5.56 Å². The van der Waals surface area contributed by atoms with E-state index in [9.17, 15) is 4.79 Å². The molecule has 1 heterocycles. The van der Waals surface area contributed by atoms with Gasteiger partial charge in [-0.25, -0.2) is 0 Å². The highest BCUT2D eigenvalue weighted by Crippen LogP contribution is 2.21. The molecule has 1 amide bonds. The molecule has 1 fully saturated rings. The molecule has 0 aromatic heterocycles. The SMILES string of the molecule is CC1(Nc2ccc(C(N)=O)cc2)CCNC1. The fourth-order valence-corrected chi connectivity index (χ4v) is 1.99. The van der Waals surface area contributed by atoms with Crippen molar-refractivity contribution in [2.75, 3.05) is 18.4 Å². The molecular formula is C12H17N3O. The van der Waals surface area contributed by atoms with Gasteiger partial charge in [-0.1, -0.05) is 0 Å². The van der Waals surface area contributed by atoms with Crippen LogP contribution in [0.2, 0.25) is 0 Å². The summed E-state index contributed by atoms with van der Waals surface area (Å²) < 4.78 is 0. The van der Waals surface area contributed by atoms with Crippen LogP contribution in [-0.2, 0) is 0 Å². The summed E-state index contributed by atoms with van der Waals surface area (Å²) in [6.07, 6.45) is 1.10. The molecule has 1 aromatic carbocycles. The number of hydrogen-bond acceptors (Lipinski definition) is 3. The largest absolute Gasteiger partial charge is 0.379 e. The maximum absolute atomic E-state index is 10.9. The van der Waals surface area contributed by atoms with Gasteiger partial charge in [0.25, 0.3) is 0 Å². The zero-order valence-electron chi connectivity index (χ0n) is 9.42. The first-order valence-corrected chi connectivity index (χ1v) is 5.48. The van der Waals surface area contributed by atoms with Crippen molar-refractivity contribution in [2.24, 2.45) is 5.73 Å². The molecule has 1 atom stereocenters. The van der Waals surface area contributed by atoms with E-state index in [1.165, 1.54) is 0 Å². The lowest BCUT2D eigenvalue weighted by molar-refractivity contribution is 0.100. The monoisotopic (exact) mass is 219 g/mol. The number of hydrogen-bond donors (Lipinski definition) is 3. The fourth-order valence-electron chi connectivity index (χ4n) is 1.99. The highest BCUT2D eigenvalue weighted by molar-refractivity contribution is 5.93. The Bertz CT molecular complexity index is 380. The van der Waals surface area contributed by atoms with E-state index in [0.717, 1.165) is 25.2 Å². The minimum atomic E-state index is -0.389. The van der Waals surface area contributed by atoms with Crippen LogP contribution in [0.4, 0.5) is 5.69 Å². The van der Waals surface area contributed by atoms with E-state index in [1.807, 2.05) is 12.1 Å². The first kappa shape index (κ1) is 11.0. The number of amides is 1. The van der Waals surface area contributed by atoms with Crippen molar-refractivity contribution >= 4 is 11.6 Å². The molecular weight excluding hydrogens is 202 g/mol. The molecule has 0 spiro atoms. The Balaban J connectivity index is 2.07. The van der Waals surface area contributed by atoms with Gasteiger partial charge < -0.3 is 16.4 Å². The van der Waals surface area contributed by atoms with Crippen LogP contribution in [0.15, 0.2) is 24.3 Å². The fraction of sp³-hybridized carbons (Fsp3) is 0.417. The van der Waals surface area contributed by atoms with Crippen LogP contribution in [0.25, 0.3) is 0 Å². The van der Waals surface area contributed by atoms with Crippen LogP contribution in [0, 0.1) is 0 Å². The minimum absolute atomic E-state index is 0.105. The number of rotatable bonds is 3. The normalized spacial score (nSPS) is 24.3. The van der Waals surface area contributed by atoms with Crippen molar-refractivity contribution in [3.63, 3.8) is 0 Å². The van der Waals surface area contributed by atoms with E-state index in [2.05, 4.69) is 17.6 Å². The van der Waals surface area contributed by atoms with Gasteiger partial charge in [0.1, 0.15) is 0 Å². The maximum Gasteiger partial charge on any atom is 0.248 e. The topological polar surface area (TPSA) is 67.1 Å². The molecule has 2 rings (SSSR count). The molecule has 1 saturated heterocycles. The predicted molar refractivity (Wildman–Crippen MR) is 64.5 cm³/mol. The van der Waals surface area contributed by atoms with Gasteiger partial charge in [-0.2, -0.15) is 0 Å². The second-order valence-corrected chi connectivity index (χ2v) is 4.55. The molecule has 4 heteroatoms. The average molecular weight is 219 g/mol. The van der Waals surface area contributed by atoms with E-state index in [1.54, 1.807) is 12.1 Å². The summed E-state index contributed by atoms with van der Waals surface area (Å²) in [5, 5.41) is 6.79. The van der Waals surface area contributed by atoms with Crippen molar-refractivity contribution in [1.82, 2.24) is 5.32 Å². The van der Waals surface area contributed by atoms with Gasteiger partial charge >= 0.3 is 0 Å². The second kappa shape index (κ2) is 4.14. The molecule has 4 N–H and O–H groups in total. The first-order chi connectivity index (χ1) is 7.59. The molecule has 4 nitrogen and oxygen atoms in total. The van der Waals surface area contributed by atoms with Gasteiger partial charge in [-0.15, -0.1) is 0 Å². The lowest BCUT2D eigenvalue weighted by atomic mass is 10.0. The summed E-state index contributed by atoms with van der Waals surface area (Å²) in [7, 11) is 0. The van der Waals surface area contributed by atoms with Crippen molar-refractivity contribution in [3.05, 3.63) is 29.8 Å². The molecule has 1 aromatic rings. The van der Waals surface area contributed by atoms with E-state index >= 15 is 0 Å². The zero-order valence-corrected chi connectivity index (χ0v) is 9.42. The van der Waals surface area contributed by atoms with Gasteiger partial charge in [-0.05, 0) is 44.2 Å². The number of primary amides is 1. The Kier molecular flexibility index (Phi) is 2.83. The van der Waals surface area contributed by atoms with Gasteiger partial charge in [0.2, 0.25) is 5.91 Å².